The Morgan fingerprint density at radius 2 is 2.05 bits per heavy atom. The van der Waals surface area contributed by atoms with Gasteiger partial charge in [-0.3, -0.25) is 0 Å². The molecular weight excluding hydrogens is 282 g/mol. The van der Waals surface area contributed by atoms with Crippen LogP contribution in [-0.4, -0.2) is 59.1 Å². The topological polar surface area (TPSA) is 105 Å². The van der Waals surface area contributed by atoms with Crippen molar-refractivity contribution in [2.45, 2.75) is 18.9 Å². The molecule has 0 unspecified atom stereocenters. The van der Waals surface area contributed by atoms with Gasteiger partial charge in [0.05, 0.1) is 6.26 Å². The lowest BCUT2D eigenvalue weighted by molar-refractivity contribution is 0.458. The normalized spacial score (nSPS) is 17.8. The summed E-state index contributed by atoms with van der Waals surface area (Å²) in [6.07, 6.45) is 2.69. The number of sulfonamides is 1. The van der Waals surface area contributed by atoms with Crippen molar-refractivity contribution in [1.82, 2.24) is 30.0 Å². The van der Waals surface area contributed by atoms with E-state index in [0.29, 0.717) is 5.65 Å². The van der Waals surface area contributed by atoms with Crippen LogP contribution in [0.1, 0.15) is 12.8 Å². The summed E-state index contributed by atoms with van der Waals surface area (Å²) in [7, 11) is -3.14. The van der Waals surface area contributed by atoms with Crippen molar-refractivity contribution in [1.29, 1.82) is 0 Å². The van der Waals surface area contributed by atoms with Crippen molar-refractivity contribution < 1.29 is 8.42 Å². The van der Waals surface area contributed by atoms with Gasteiger partial charge in [-0.15, -0.1) is 14.8 Å². The molecule has 1 fully saturated rings. The predicted octanol–water partition coefficient (Wildman–Crippen LogP) is -0.963. The Morgan fingerprint density at radius 3 is 2.75 bits per heavy atom. The number of rotatable bonds is 3. The largest absolute Gasteiger partial charge is 0.355 e. The van der Waals surface area contributed by atoms with E-state index in [0.717, 1.165) is 31.7 Å². The van der Waals surface area contributed by atoms with Gasteiger partial charge in [0.1, 0.15) is 0 Å². The molecule has 1 aliphatic rings. The Balaban J connectivity index is 1.68. The highest BCUT2D eigenvalue weighted by atomic mass is 32.2. The first kappa shape index (κ1) is 13.2. The Bertz CT molecular complexity index is 705. The molecular formula is C10H15N7O2S. The summed E-state index contributed by atoms with van der Waals surface area (Å²) in [5.74, 6) is 0.794. The SMILES string of the molecule is CS(=O)(=O)NC1CCN(c2ccc3nnnn3n2)CC1. The molecule has 3 rings (SSSR count). The number of anilines is 1. The second-order valence-corrected chi connectivity index (χ2v) is 6.65. The third-order valence-electron chi connectivity index (χ3n) is 3.26. The molecule has 0 atom stereocenters. The molecule has 108 valence electrons. The molecule has 0 aliphatic carbocycles. The minimum Gasteiger partial charge on any atom is -0.355 e. The highest BCUT2D eigenvalue weighted by molar-refractivity contribution is 7.88. The summed E-state index contributed by atoms with van der Waals surface area (Å²) in [4.78, 5) is 2.10. The number of aromatic nitrogens is 5. The molecule has 9 nitrogen and oxygen atoms in total. The van der Waals surface area contributed by atoms with Crippen molar-refractivity contribution in [2.75, 3.05) is 24.2 Å². The van der Waals surface area contributed by atoms with Crippen LogP contribution in [0.2, 0.25) is 0 Å². The summed E-state index contributed by atoms with van der Waals surface area (Å²) in [5.41, 5.74) is 0.599. The first-order chi connectivity index (χ1) is 9.51. The molecule has 2 aromatic rings. The van der Waals surface area contributed by atoms with Crippen molar-refractivity contribution >= 4 is 21.5 Å². The van der Waals surface area contributed by atoms with Crippen molar-refractivity contribution in [3.63, 3.8) is 0 Å². The van der Waals surface area contributed by atoms with E-state index in [2.05, 4.69) is 30.2 Å². The molecule has 3 heterocycles. The second-order valence-electron chi connectivity index (χ2n) is 4.87. The van der Waals surface area contributed by atoms with Crippen LogP contribution in [0.25, 0.3) is 5.65 Å². The fourth-order valence-corrected chi connectivity index (χ4v) is 3.18. The molecule has 20 heavy (non-hydrogen) atoms. The first-order valence-electron chi connectivity index (χ1n) is 6.29. The number of nitrogens with one attached hydrogen (secondary N) is 1. The fourth-order valence-electron chi connectivity index (χ4n) is 2.34. The molecule has 1 aliphatic heterocycles. The minimum absolute atomic E-state index is 0.00184. The zero-order valence-corrected chi connectivity index (χ0v) is 11.8. The summed E-state index contributed by atoms with van der Waals surface area (Å²) < 4.78 is 26.4. The third kappa shape index (κ3) is 2.85. The maximum absolute atomic E-state index is 11.2. The van der Waals surface area contributed by atoms with E-state index < -0.39 is 10.0 Å². The van der Waals surface area contributed by atoms with Gasteiger partial charge in [-0.25, -0.2) is 13.1 Å². The maximum Gasteiger partial charge on any atom is 0.208 e. The van der Waals surface area contributed by atoms with Gasteiger partial charge in [0.25, 0.3) is 0 Å². The zero-order valence-electron chi connectivity index (χ0n) is 11.0. The van der Waals surface area contributed by atoms with E-state index in [1.807, 2.05) is 12.1 Å². The van der Waals surface area contributed by atoms with E-state index >= 15 is 0 Å². The number of fused-ring (bicyclic) bond motifs is 1. The smallest absolute Gasteiger partial charge is 0.208 e. The second kappa shape index (κ2) is 4.94. The number of piperidine rings is 1. The van der Waals surface area contributed by atoms with E-state index in [4.69, 9.17) is 0 Å². The van der Waals surface area contributed by atoms with E-state index in [9.17, 15) is 8.42 Å². The molecule has 1 N–H and O–H groups in total. The predicted molar refractivity (Wildman–Crippen MR) is 71.8 cm³/mol. The molecule has 2 aromatic heterocycles. The number of nitrogens with zero attached hydrogens (tertiary/aromatic N) is 6. The molecule has 0 amide bonds. The van der Waals surface area contributed by atoms with Crippen LogP contribution in [0.5, 0.6) is 0 Å². The Labute approximate surface area is 116 Å². The van der Waals surface area contributed by atoms with E-state index in [1.165, 1.54) is 10.9 Å². The average Bonchev–Trinajstić information content (AvgIpc) is 2.85. The van der Waals surface area contributed by atoms with Gasteiger partial charge < -0.3 is 4.90 Å². The van der Waals surface area contributed by atoms with Gasteiger partial charge in [-0.2, -0.15) is 0 Å². The summed E-state index contributed by atoms with van der Waals surface area (Å²) in [5, 5.41) is 15.4. The maximum atomic E-state index is 11.2. The Morgan fingerprint density at radius 1 is 1.30 bits per heavy atom. The molecule has 0 saturated carbocycles. The third-order valence-corrected chi connectivity index (χ3v) is 4.02. The number of tetrazole rings is 1. The first-order valence-corrected chi connectivity index (χ1v) is 8.18. The van der Waals surface area contributed by atoms with Gasteiger partial charge >= 0.3 is 0 Å². The molecule has 1 saturated heterocycles. The quantitative estimate of drug-likeness (QED) is 0.777. The lowest BCUT2D eigenvalue weighted by atomic mass is 10.1. The number of hydrogen-bond donors (Lipinski definition) is 1. The van der Waals surface area contributed by atoms with Crippen molar-refractivity contribution in [3.8, 4) is 0 Å². The summed E-state index contributed by atoms with van der Waals surface area (Å²) in [6.45, 7) is 1.49. The van der Waals surface area contributed by atoms with Gasteiger partial charge in [-0.1, -0.05) is 0 Å². The molecule has 10 heteroatoms. The lowest BCUT2D eigenvalue weighted by Gasteiger charge is -2.32. The van der Waals surface area contributed by atoms with Gasteiger partial charge in [0.2, 0.25) is 10.0 Å². The van der Waals surface area contributed by atoms with Crippen molar-refractivity contribution in [3.05, 3.63) is 12.1 Å². The van der Waals surface area contributed by atoms with Crippen LogP contribution in [-0.2, 0) is 10.0 Å². The van der Waals surface area contributed by atoms with Crippen LogP contribution >= 0.6 is 0 Å². The van der Waals surface area contributed by atoms with Crippen LogP contribution in [0, 0.1) is 0 Å². The van der Waals surface area contributed by atoms with Crippen molar-refractivity contribution in [2.24, 2.45) is 0 Å². The van der Waals surface area contributed by atoms with E-state index in [1.54, 1.807) is 0 Å². The molecule has 0 radical (unpaired) electrons. The standard InChI is InChI=1S/C10H15N7O2S/c1-20(18,19)13-8-4-6-16(7-5-8)10-3-2-9-11-14-15-17(9)12-10/h2-3,8,13H,4-7H2,1H3. The summed E-state index contributed by atoms with van der Waals surface area (Å²) in [6, 6.07) is 3.68. The van der Waals surface area contributed by atoms with Gasteiger partial charge in [0, 0.05) is 19.1 Å². The fraction of sp³-hybridized carbons (Fsp3) is 0.600. The van der Waals surface area contributed by atoms with Crippen LogP contribution in [0.15, 0.2) is 12.1 Å². The summed E-state index contributed by atoms with van der Waals surface area (Å²) >= 11 is 0. The van der Waals surface area contributed by atoms with Crippen LogP contribution in [0.3, 0.4) is 0 Å². The van der Waals surface area contributed by atoms with Crippen LogP contribution < -0.4 is 9.62 Å². The molecule has 0 bridgehead atoms. The Hall–Kier alpha value is -1.81. The average molecular weight is 297 g/mol. The highest BCUT2D eigenvalue weighted by Gasteiger charge is 2.22. The minimum atomic E-state index is -3.14. The lowest BCUT2D eigenvalue weighted by Crippen LogP contribution is -2.44. The van der Waals surface area contributed by atoms with Gasteiger partial charge in [0.15, 0.2) is 11.5 Å². The monoisotopic (exact) mass is 297 g/mol. The Kier molecular flexibility index (Phi) is 3.26. The van der Waals surface area contributed by atoms with Gasteiger partial charge in [-0.05, 0) is 35.4 Å². The zero-order chi connectivity index (χ0) is 14.2. The molecule has 0 aromatic carbocycles. The highest BCUT2D eigenvalue weighted by Crippen LogP contribution is 2.18. The van der Waals surface area contributed by atoms with Crippen LogP contribution in [0.4, 0.5) is 5.82 Å². The van der Waals surface area contributed by atoms with E-state index in [-0.39, 0.29) is 6.04 Å². The molecule has 0 spiro atoms. The number of hydrogen-bond acceptors (Lipinski definition) is 7.